The van der Waals surface area contributed by atoms with Gasteiger partial charge in [-0.3, -0.25) is 14.9 Å². The number of nitro benzene ring substituents is 1. The van der Waals surface area contributed by atoms with Gasteiger partial charge in [-0.05, 0) is 44.2 Å². The summed E-state index contributed by atoms with van der Waals surface area (Å²) in [6.45, 7) is 4.39. The van der Waals surface area contributed by atoms with Crippen molar-refractivity contribution in [1.29, 1.82) is 0 Å². The molecule has 8 heteroatoms. The van der Waals surface area contributed by atoms with Crippen molar-refractivity contribution in [3.05, 3.63) is 105 Å². The van der Waals surface area contributed by atoms with Gasteiger partial charge in [-0.1, -0.05) is 23.8 Å². The van der Waals surface area contributed by atoms with Crippen LogP contribution in [-0.4, -0.2) is 30.1 Å². The Morgan fingerprint density at radius 2 is 1.72 bits per heavy atom. The maximum absolute atomic E-state index is 13.3. The summed E-state index contributed by atoms with van der Waals surface area (Å²) < 4.78 is 3.91. The van der Waals surface area contributed by atoms with Gasteiger partial charge in [0.05, 0.1) is 29.4 Å². The van der Waals surface area contributed by atoms with Gasteiger partial charge in [0, 0.05) is 35.2 Å². The first-order valence-corrected chi connectivity index (χ1v) is 10.3. The number of rotatable bonds is 4. The van der Waals surface area contributed by atoms with E-state index in [-0.39, 0.29) is 11.6 Å². The van der Waals surface area contributed by atoms with Crippen LogP contribution in [0.3, 0.4) is 0 Å². The molecule has 0 saturated heterocycles. The van der Waals surface area contributed by atoms with Crippen LogP contribution in [0, 0.1) is 24.0 Å². The van der Waals surface area contributed by atoms with Crippen molar-refractivity contribution in [3.63, 3.8) is 0 Å². The van der Waals surface area contributed by atoms with E-state index < -0.39 is 4.92 Å². The SMILES string of the molecule is Cc1ccc(-n2nc3c(c2-n2cccc2)CN(C(=O)c2cccc([N+](=O)[O-])c2C)C3)cc1. The molecule has 2 aromatic heterocycles. The fourth-order valence-corrected chi connectivity index (χ4v) is 4.18. The molecule has 4 aromatic rings. The highest BCUT2D eigenvalue weighted by Crippen LogP contribution is 2.32. The minimum Gasteiger partial charge on any atom is -0.328 e. The predicted octanol–water partition coefficient (Wildman–Crippen LogP) is 4.34. The largest absolute Gasteiger partial charge is 0.328 e. The zero-order chi connectivity index (χ0) is 22.4. The van der Waals surface area contributed by atoms with Crippen LogP contribution in [0.4, 0.5) is 5.69 Å². The van der Waals surface area contributed by atoms with E-state index in [0.29, 0.717) is 24.2 Å². The number of nitro groups is 1. The Bertz CT molecular complexity index is 1340. The molecule has 0 bridgehead atoms. The van der Waals surface area contributed by atoms with Gasteiger partial charge in [-0.25, -0.2) is 4.68 Å². The molecule has 3 heterocycles. The summed E-state index contributed by atoms with van der Waals surface area (Å²) in [5.74, 6) is 0.657. The molecule has 0 fully saturated rings. The average molecular weight is 427 g/mol. The van der Waals surface area contributed by atoms with Gasteiger partial charge in [-0.15, -0.1) is 0 Å². The number of benzene rings is 2. The number of aryl methyl sites for hydroxylation is 1. The minimum atomic E-state index is -0.457. The summed E-state index contributed by atoms with van der Waals surface area (Å²) in [4.78, 5) is 25.8. The van der Waals surface area contributed by atoms with Crippen LogP contribution >= 0.6 is 0 Å². The summed E-state index contributed by atoms with van der Waals surface area (Å²) in [5.41, 5.74) is 4.58. The second-order valence-corrected chi connectivity index (χ2v) is 7.95. The number of nitrogens with zero attached hydrogens (tertiary/aromatic N) is 5. The van der Waals surface area contributed by atoms with Gasteiger partial charge in [0.1, 0.15) is 5.82 Å². The molecule has 1 aliphatic rings. The van der Waals surface area contributed by atoms with E-state index in [9.17, 15) is 14.9 Å². The first-order chi connectivity index (χ1) is 15.4. The first kappa shape index (κ1) is 19.7. The molecule has 8 nitrogen and oxygen atoms in total. The third kappa shape index (κ3) is 3.17. The van der Waals surface area contributed by atoms with Crippen LogP contribution < -0.4 is 0 Å². The smallest absolute Gasteiger partial charge is 0.273 e. The Labute approximate surface area is 184 Å². The zero-order valence-electron chi connectivity index (χ0n) is 17.7. The van der Waals surface area contributed by atoms with Gasteiger partial charge >= 0.3 is 0 Å². The highest BCUT2D eigenvalue weighted by molar-refractivity contribution is 5.97. The Hall–Kier alpha value is -4.20. The lowest BCUT2D eigenvalue weighted by Gasteiger charge is -2.18. The molecule has 0 radical (unpaired) electrons. The number of carbonyl (C=O) groups is 1. The maximum Gasteiger partial charge on any atom is 0.273 e. The highest BCUT2D eigenvalue weighted by atomic mass is 16.6. The maximum atomic E-state index is 13.3. The zero-order valence-corrected chi connectivity index (χ0v) is 17.7. The Morgan fingerprint density at radius 3 is 2.41 bits per heavy atom. The van der Waals surface area contributed by atoms with E-state index in [1.807, 2.05) is 65.0 Å². The third-order valence-corrected chi connectivity index (χ3v) is 5.88. The van der Waals surface area contributed by atoms with Crippen molar-refractivity contribution in [1.82, 2.24) is 19.2 Å². The summed E-state index contributed by atoms with van der Waals surface area (Å²) in [6, 6.07) is 16.6. The number of hydrogen-bond donors (Lipinski definition) is 0. The molecular weight excluding hydrogens is 406 g/mol. The summed E-state index contributed by atoms with van der Waals surface area (Å²) in [7, 11) is 0. The van der Waals surface area contributed by atoms with Crippen LogP contribution in [0.5, 0.6) is 0 Å². The van der Waals surface area contributed by atoms with Gasteiger partial charge in [0.15, 0.2) is 0 Å². The lowest BCUT2D eigenvalue weighted by atomic mass is 10.1. The molecule has 160 valence electrons. The molecule has 2 aromatic carbocycles. The van der Waals surface area contributed by atoms with Crippen LogP contribution in [-0.2, 0) is 13.1 Å². The number of fused-ring (bicyclic) bond motifs is 1. The van der Waals surface area contributed by atoms with E-state index in [0.717, 1.165) is 22.8 Å². The van der Waals surface area contributed by atoms with E-state index >= 15 is 0 Å². The molecule has 0 N–H and O–H groups in total. The van der Waals surface area contributed by atoms with Crippen LogP contribution in [0.1, 0.15) is 32.7 Å². The first-order valence-electron chi connectivity index (χ1n) is 10.3. The van der Waals surface area contributed by atoms with Gasteiger partial charge in [0.2, 0.25) is 0 Å². The Kier molecular flexibility index (Phi) is 4.62. The Balaban J connectivity index is 1.53. The molecule has 1 amide bonds. The molecular formula is C24H21N5O3. The molecule has 1 aliphatic heterocycles. The average Bonchev–Trinajstić information content (AvgIpc) is 3.50. The normalized spacial score (nSPS) is 12.8. The van der Waals surface area contributed by atoms with E-state index in [4.69, 9.17) is 5.10 Å². The standard InChI is InChI=1S/C24H21N5O3/c1-16-8-10-18(11-9-16)28-23(26-12-3-4-13-26)20-14-27(15-21(20)25-28)24(30)19-6-5-7-22(17(19)2)29(31)32/h3-13H,14-15H2,1-2H3. The van der Waals surface area contributed by atoms with Crippen molar-refractivity contribution in [2.24, 2.45) is 0 Å². The summed E-state index contributed by atoms with van der Waals surface area (Å²) >= 11 is 0. The van der Waals surface area contributed by atoms with E-state index in [1.165, 1.54) is 11.6 Å². The van der Waals surface area contributed by atoms with Gasteiger partial charge < -0.3 is 9.47 Å². The lowest BCUT2D eigenvalue weighted by molar-refractivity contribution is -0.385. The highest BCUT2D eigenvalue weighted by Gasteiger charge is 2.33. The van der Waals surface area contributed by atoms with Crippen molar-refractivity contribution in [3.8, 4) is 11.5 Å². The minimum absolute atomic E-state index is 0.0506. The topological polar surface area (TPSA) is 86.2 Å². The molecule has 0 saturated carbocycles. The number of carbonyl (C=O) groups excluding carboxylic acids is 1. The molecule has 0 aliphatic carbocycles. The van der Waals surface area contributed by atoms with Gasteiger partial charge in [0.25, 0.3) is 11.6 Å². The van der Waals surface area contributed by atoms with Crippen molar-refractivity contribution in [2.75, 3.05) is 0 Å². The van der Waals surface area contributed by atoms with Crippen LogP contribution in [0.2, 0.25) is 0 Å². The van der Waals surface area contributed by atoms with Crippen LogP contribution in [0.25, 0.3) is 11.5 Å². The fraction of sp³-hybridized carbons (Fsp3) is 0.167. The monoisotopic (exact) mass is 427 g/mol. The second kappa shape index (κ2) is 7.49. The predicted molar refractivity (Wildman–Crippen MR) is 119 cm³/mol. The molecule has 5 rings (SSSR count). The molecule has 32 heavy (non-hydrogen) atoms. The molecule has 0 spiro atoms. The Morgan fingerprint density at radius 1 is 1.00 bits per heavy atom. The fourth-order valence-electron chi connectivity index (χ4n) is 4.18. The lowest BCUT2D eigenvalue weighted by Crippen LogP contribution is -2.27. The number of aromatic nitrogens is 3. The summed E-state index contributed by atoms with van der Waals surface area (Å²) in [5, 5.41) is 16.1. The van der Waals surface area contributed by atoms with Crippen molar-refractivity contribution >= 4 is 11.6 Å². The number of hydrogen-bond acceptors (Lipinski definition) is 4. The van der Waals surface area contributed by atoms with Crippen molar-refractivity contribution < 1.29 is 9.72 Å². The molecule has 0 unspecified atom stereocenters. The summed E-state index contributed by atoms with van der Waals surface area (Å²) in [6.07, 6.45) is 3.91. The third-order valence-electron chi connectivity index (χ3n) is 5.88. The van der Waals surface area contributed by atoms with E-state index in [1.54, 1.807) is 24.0 Å². The number of amides is 1. The quantitative estimate of drug-likeness (QED) is 0.358. The molecule has 0 atom stereocenters. The van der Waals surface area contributed by atoms with Gasteiger partial charge in [-0.2, -0.15) is 5.10 Å². The second-order valence-electron chi connectivity index (χ2n) is 7.95. The van der Waals surface area contributed by atoms with Crippen molar-refractivity contribution in [2.45, 2.75) is 26.9 Å². The van der Waals surface area contributed by atoms with E-state index in [2.05, 4.69) is 0 Å². The van der Waals surface area contributed by atoms with Crippen LogP contribution in [0.15, 0.2) is 67.0 Å².